The summed E-state index contributed by atoms with van der Waals surface area (Å²) in [6.45, 7) is 6.52. The lowest BCUT2D eigenvalue weighted by atomic mass is 9.85. The zero-order valence-electron chi connectivity index (χ0n) is 16.8. The van der Waals surface area contributed by atoms with Crippen LogP contribution in [0.4, 0.5) is 0 Å². The Morgan fingerprint density at radius 2 is 1.86 bits per heavy atom. The normalized spacial score (nSPS) is 28.5. The lowest BCUT2D eigenvalue weighted by Crippen LogP contribution is -2.28. The standard InChI is InChI=1S/C22H25IN2O4/c1-4-12(3)29-20-16(23)8-13(9-17(20)28-5-2)11-24-25-21(26)18-14-6-7-15(10-14)19(18)22(25)27/h6-9,11-12,14-15,18-19H,4-5,10H2,1-3H3/t12-,14+,15+,18-,19+/m1/s1. The second kappa shape index (κ2) is 8.08. The van der Waals surface area contributed by atoms with Crippen molar-refractivity contribution in [3.05, 3.63) is 33.4 Å². The zero-order valence-corrected chi connectivity index (χ0v) is 19.0. The Labute approximate surface area is 184 Å². The zero-order chi connectivity index (χ0) is 20.7. The summed E-state index contributed by atoms with van der Waals surface area (Å²) in [4.78, 5) is 25.5. The third-order valence-electron chi connectivity index (χ3n) is 6.00. The first kappa shape index (κ1) is 20.4. The number of carbonyl (C=O) groups excluding carboxylic acids is 2. The van der Waals surface area contributed by atoms with Crippen LogP contribution in [-0.2, 0) is 9.59 Å². The summed E-state index contributed by atoms with van der Waals surface area (Å²) in [5.74, 6) is 0.895. The average molecular weight is 508 g/mol. The molecule has 2 fully saturated rings. The summed E-state index contributed by atoms with van der Waals surface area (Å²) in [7, 11) is 0. The maximum atomic E-state index is 12.8. The first-order valence-corrected chi connectivity index (χ1v) is 11.3. The van der Waals surface area contributed by atoms with Gasteiger partial charge in [-0.05, 0) is 78.8 Å². The first-order chi connectivity index (χ1) is 13.9. The van der Waals surface area contributed by atoms with Crippen molar-refractivity contribution in [2.45, 2.75) is 39.7 Å². The van der Waals surface area contributed by atoms with Crippen LogP contribution in [0.1, 0.15) is 39.2 Å². The lowest BCUT2D eigenvalue weighted by Gasteiger charge is -2.18. The fraction of sp³-hybridized carbons (Fsp3) is 0.500. The third-order valence-corrected chi connectivity index (χ3v) is 6.80. The van der Waals surface area contributed by atoms with Crippen molar-refractivity contribution in [2.24, 2.45) is 28.8 Å². The van der Waals surface area contributed by atoms with E-state index in [0.29, 0.717) is 18.1 Å². The van der Waals surface area contributed by atoms with Crippen LogP contribution in [0.5, 0.6) is 11.5 Å². The number of rotatable bonds is 7. The van der Waals surface area contributed by atoms with E-state index in [1.165, 1.54) is 0 Å². The van der Waals surface area contributed by atoms with Gasteiger partial charge in [-0.2, -0.15) is 10.1 Å². The van der Waals surface area contributed by atoms with Crippen LogP contribution in [0.2, 0.25) is 0 Å². The predicted molar refractivity (Wildman–Crippen MR) is 118 cm³/mol. The van der Waals surface area contributed by atoms with E-state index in [4.69, 9.17) is 9.47 Å². The fourth-order valence-electron chi connectivity index (χ4n) is 4.45. The minimum Gasteiger partial charge on any atom is -0.490 e. The molecule has 0 N–H and O–H groups in total. The minimum atomic E-state index is -0.236. The minimum absolute atomic E-state index is 0.0745. The molecule has 2 aliphatic carbocycles. The van der Waals surface area contributed by atoms with E-state index in [9.17, 15) is 9.59 Å². The third kappa shape index (κ3) is 3.58. The second-order valence-corrected chi connectivity index (χ2v) is 8.99. The summed E-state index contributed by atoms with van der Waals surface area (Å²) in [5, 5.41) is 5.33. The molecule has 2 amide bonds. The smallest absolute Gasteiger partial charge is 0.254 e. The van der Waals surface area contributed by atoms with Crippen LogP contribution in [-0.4, -0.2) is 35.7 Å². The van der Waals surface area contributed by atoms with Gasteiger partial charge in [-0.3, -0.25) is 9.59 Å². The summed E-state index contributed by atoms with van der Waals surface area (Å²) < 4.78 is 12.7. The maximum Gasteiger partial charge on any atom is 0.254 e. The van der Waals surface area contributed by atoms with Gasteiger partial charge >= 0.3 is 0 Å². The van der Waals surface area contributed by atoms with Gasteiger partial charge in [-0.1, -0.05) is 19.1 Å². The number of allylic oxidation sites excluding steroid dienone is 2. The Morgan fingerprint density at radius 3 is 2.45 bits per heavy atom. The van der Waals surface area contributed by atoms with Gasteiger partial charge in [0, 0.05) is 0 Å². The molecule has 1 saturated carbocycles. The monoisotopic (exact) mass is 508 g/mol. The molecule has 4 rings (SSSR count). The lowest BCUT2D eigenvalue weighted by molar-refractivity contribution is -0.140. The number of hydrazone groups is 1. The van der Waals surface area contributed by atoms with Gasteiger partial charge in [0.15, 0.2) is 11.5 Å². The quantitative estimate of drug-likeness (QED) is 0.242. The number of hydrogen-bond acceptors (Lipinski definition) is 5. The van der Waals surface area contributed by atoms with Gasteiger partial charge in [-0.25, -0.2) is 0 Å². The molecule has 1 aromatic carbocycles. The predicted octanol–water partition coefficient (Wildman–Crippen LogP) is 4.01. The topological polar surface area (TPSA) is 68.2 Å². The van der Waals surface area contributed by atoms with E-state index in [2.05, 4.69) is 46.8 Å². The van der Waals surface area contributed by atoms with E-state index >= 15 is 0 Å². The molecule has 1 heterocycles. The van der Waals surface area contributed by atoms with E-state index in [-0.39, 0.29) is 41.6 Å². The molecule has 3 aliphatic rings. The van der Waals surface area contributed by atoms with Crippen molar-refractivity contribution in [1.29, 1.82) is 0 Å². The van der Waals surface area contributed by atoms with Crippen LogP contribution in [0.3, 0.4) is 0 Å². The molecule has 1 aromatic rings. The first-order valence-electron chi connectivity index (χ1n) is 10.2. The van der Waals surface area contributed by atoms with Crippen LogP contribution in [0.15, 0.2) is 29.4 Å². The van der Waals surface area contributed by atoms with E-state index < -0.39 is 0 Å². The van der Waals surface area contributed by atoms with Gasteiger partial charge < -0.3 is 9.47 Å². The molecule has 1 saturated heterocycles. The van der Waals surface area contributed by atoms with E-state index in [1.807, 2.05) is 26.0 Å². The molecular weight excluding hydrogens is 483 g/mol. The van der Waals surface area contributed by atoms with Crippen molar-refractivity contribution in [3.8, 4) is 11.5 Å². The highest BCUT2D eigenvalue weighted by atomic mass is 127. The SMILES string of the molecule is CCOc1cc(C=NN2C(=O)[C@@H]3[C@H](C2=O)[C@H]2C=C[C@H]3C2)cc(I)c1O[C@H](C)CC. The molecule has 6 nitrogen and oxygen atoms in total. The van der Waals surface area contributed by atoms with Crippen molar-refractivity contribution in [2.75, 3.05) is 6.61 Å². The van der Waals surface area contributed by atoms with Crippen molar-refractivity contribution < 1.29 is 19.1 Å². The molecule has 154 valence electrons. The number of fused-ring (bicyclic) bond motifs is 5. The number of imide groups is 1. The molecule has 29 heavy (non-hydrogen) atoms. The number of nitrogens with zero attached hydrogens (tertiary/aromatic N) is 2. The van der Waals surface area contributed by atoms with Crippen LogP contribution in [0.25, 0.3) is 0 Å². The Kier molecular flexibility index (Phi) is 5.68. The highest BCUT2D eigenvalue weighted by molar-refractivity contribution is 14.1. The largest absolute Gasteiger partial charge is 0.490 e. The Hall–Kier alpha value is -1.90. The van der Waals surface area contributed by atoms with Crippen molar-refractivity contribution in [3.63, 3.8) is 0 Å². The van der Waals surface area contributed by atoms with Crippen LogP contribution < -0.4 is 9.47 Å². The number of carbonyl (C=O) groups is 2. The summed E-state index contributed by atoms with van der Waals surface area (Å²) in [6, 6.07) is 3.76. The fourth-order valence-corrected chi connectivity index (χ4v) is 5.20. The van der Waals surface area contributed by atoms with Gasteiger partial charge in [0.2, 0.25) is 0 Å². The molecule has 7 heteroatoms. The number of ether oxygens (including phenoxy) is 2. The Balaban J connectivity index is 1.57. The maximum absolute atomic E-state index is 12.8. The summed E-state index contributed by atoms with van der Waals surface area (Å²) in [6.07, 6.45) is 7.60. The van der Waals surface area contributed by atoms with Crippen molar-refractivity contribution >= 4 is 40.6 Å². The number of hydrogen-bond donors (Lipinski definition) is 0. The van der Waals surface area contributed by atoms with Gasteiger partial charge in [-0.15, -0.1) is 0 Å². The average Bonchev–Trinajstić information content (AvgIpc) is 3.37. The molecule has 5 atom stereocenters. The summed E-state index contributed by atoms with van der Waals surface area (Å²) in [5.41, 5.74) is 0.758. The van der Waals surface area contributed by atoms with Gasteiger partial charge in [0.25, 0.3) is 11.8 Å². The highest BCUT2D eigenvalue weighted by Crippen LogP contribution is 2.52. The van der Waals surface area contributed by atoms with Crippen LogP contribution >= 0.6 is 22.6 Å². The van der Waals surface area contributed by atoms with Crippen LogP contribution in [0, 0.1) is 27.2 Å². The molecule has 0 radical (unpaired) electrons. The Morgan fingerprint density at radius 1 is 1.21 bits per heavy atom. The Bertz CT molecular complexity index is 867. The number of benzene rings is 1. The van der Waals surface area contributed by atoms with E-state index in [1.54, 1.807) is 6.21 Å². The van der Waals surface area contributed by atoms with Gasteiger partial charge in [0.05, 0.1) is 34.3 Å². The molecule has 2 bridgehead atoms. The second-order valence-electron chi connectivity index (χ2n) is 7.83. The summed E-state index contributed by atoms with van der Waals surface area (Å²) >= 11 is 2.21. The number of amides is 2. The molecular formula is C22H25IN2O4. The molecule has 1 aliphatic heterocycles. The molecule has 0 unspecified atom stereocenters. The highest BCUT2D eigenvalue weighted by Gasteiger charge is 2.59. The molecule has 0 spiro atoms. The molecule has 0 aromatic heterocycles. The number of halogens is 1. The van der Waals surface area contributed by atoms with Crippen molar-refractivity contribution in [1.82, 2.24) is 5.01 Å². The van der Waals surface area contributed by atoms with Gasteiger partial charge in [0.1, 0.15) is 0 Å². The van der Waals surface area contributed by atoms with E-state index in [0.717, 1.165) is 27.0 Å².